The number of aliphatic hydroxyl groups excluding tert-OH is 3. The fourth-order valence-corrected chi connectivity index (χ4v) is 3.59. The van der Waals surface area contributed by atoms with Crippen LogP contribution in [-0.4, -0.2) is 83.5 Å². The molecule has 0 aromatic heterocycles. The van der Waals surface area contributed by atoms with Crippen molar-refractivity contribution in [2.24, 2.45) is 5.41 Å². The van der Waals surface area contributed by atoms with Gasteiger partial charge in [0.05, 0.1) is 6.54 Å². The average molecular weight is 539 g/mol. The van der Waals surface area contributed by atoms with Gasteiger partial charge in [0.2, 0.25) is 5.91 Å². The number of amides is 2. The first-order chi connectivity index (χ1) is 17.4. The number of nitrogens with one attached hydrogen (secondary N) is 2. The second kappa shape index (κ2) is 15.4. The topological polar surface area (TPSA) is 164 Å². The Hall–Kier alpha value is -2.99. The summed E-state index contributed by atoms with van der Waals surface area (Å²) in [7, 11) is 1.16. The fraction of sp³-hybridized carbons (Fsp3) is 0.593. The van der Waals surface area contributed by atoms with Crippen LogP contribution >= 0.6 is 0 Å². The maximum Gasteiger partial charge on any atom is 0.508 e. The van der Waals surface area contributed by atoms with E-state index in [2.05, 4.69) is 10.6 Å². The second-order valence-corrected chi connectivity index (χ2v) is 10.0. The van der Waals surface area contributed by atoms with Crippen LogP contribution < -0.4 is 10.6 Å². The minimum atomic E-state index is -1.77. The molecule has 1 aromatic carbocycles. The van der Waals surface area contributed by atoms with Gasteiger partial charge in [-0.3, -0.25) is 9.59 Å². The van der Waals surface area contributed by atoms with Crippen LogP contribution in [0.15, 0.2) is 42.5 Å². The molecule has 1 fully saturated rings. The van der Waals surface area contributed by atoms with Crippen LogP contribution in [-0.2, 0) is 30.4 Å². The lowest BCUT2D eigenvalue weighted by atomic mass is 9.94. The third kappa shape index (κ3) is 10.8. The number of methoxy groups -OCH3 is 1. The van der Waals surface area contributed by atoms with Crippen LogP contribution in [0.2, 0.25) is 0 Å². The summed E-state index contributed by atoms with van der Waals surface area (Å²) in [4.78, 5) is 37.3. The van der Waals surface area contributed by atoms with Gasteiger partial charge in [0.15, 0.2) is 6.10 Å². The van der Waals surface area contributed by atoms with E-state index in [1.165, 1.54) is 6.08 Å². The van der Waals surface area contributed by atoms with E-state index in [9.17, 15) is 29.7 Å². The van der Waals surface area contributed by atoms with E-state index < -0.39 is 54.5 Å². The molecule has 1 heterocycles. The number of allylic oxidation sites excluding steroid dienone is 1. The Morgan fingerprint density at radius 2 is 1.79 bits per heavy atom. The maximum atomic E-state index is 12.8. The minimum Gasteiger partial charge on any atom is -0.429 e. The van der Waals surface area contributed by atoms with E-state index in [1.54, 1.807) is 18.2 Å². The van der Waals surface area contributed by atoms with Crippen LogP contribution in [0, 0.1) is 5.41 Å². The van der Waals surface area contributed by atoms with Gasteiger partial charge in [-0.15, -0.1) is 0 Å². The van der Waals surface area contributed by atoms with Crippen molar-refractivity contribution in [3.8, 4) is 0 Å². The molecule has 6 atom stereocenters. The van der Waals surface area contributed by atoms with Gasteiger partial charge < -0.3 is 40.2 Å². The Balaban J connectivity index is 0.00000722. The van der Waals surface area contributed by atoms with Gasteiger partial charge in [-0.1, -0.05) is 70.7 Å². The molecule has 6 unspecified atom stereocenters. The number of ether oxygens (including phenoxy) is 3. The molecular formula is C27H42N2O9. The van der Waals surface area contributed by atoms with Crippen molar-refractivity contribution in [1.29, 1.82) is 0 Å². The zero-order valence-electron chi connectivity index (χ0n) is 21.6. The molecule has 214 valence electrons. The number of aliphatic hydroxyl groups is 3. The van der Waals surface area contributed by atoms with E-state index >= 15 is 0 Å². The molecule has 38 heavy (non-hydrogen) atoms. The molecule has 1 aliphatic rings. The molecule has 5 N–H and O–H groups in total. The number of hydrogen-bond acceptors (Lipinski definition) is 9. The summed E-state index contributed by atoms with van der Waals surface area (Å²) in [6, 6.07) is 8.10. The minimum absolute atomic E-state index is 0. The van der Waals surface area contributed by atoms with Crippen LogP contribution in [0.3, 0.4) is 0 Å². The van der Waals surface area contributed by atoms with Crippen molar-refractivity contribution in [3.63, 3.8) is 0 Å². The standard InChI is InChI=1S/C26H38N2O9.CH4/c1-26(2,3)13-12-19(29)20(30)21(31)22(35-4)24(33)28-18-11-10-17(14-27-23(18)32)37-25(34)36-15-16-8-6-5-7-9-16;/h5-9,12-13,17-22,29-31H,10-11,14-15H2,1-4H3,(H,27,32)(H,28,33);1H4/b13-12+;. The Morgan fingerprint density at radius 1 is 1.13 bits per heavy atom. The summed E-state index contributed by atoms with van der Waals surface area (Å²) in [5.41, 5.74) is 0.533. The monoisotopic (exact) mass is 538 g/mol. The predicted octanol–water partition coefficient (Wildman–Crippen LogP) is 1.44. The van der Waals surface area contributed by atoms with Gasteiger partial charge in [-0.25, -0.2) is 4.79 Å². The maximum absolute atomic E-state index is 12.8. The SMILES string of the molecule is C.COC(C(=O)NC1CCC(OC(=O)OCc2ccccc2)CNC1=O)C(O)C(O)C(O)/C=C/C(C)(C)C. The normalized spacial score (nSPS) is 21.2. The third-order valence-corrected chi connectivity index (χ3v) is 5.69. The van der Waals surface area contributed by atoms with E-state index in [-0.39, 0.29) is 38.8 Å². The molecule has 11 nitrogen and oxygen atoms in total. The molecule has 0 saturated carbocycles. The van der Waals surface area contributed by atoms with Gasteiger partial charge in [-0.05, 0) is 23.8 Å². The van der Waals surface area contributed by atoms with Gasteiger partial charge >= 0.3 is 6.16 Å². The fourth-order valence-electron chi connectivity index (χ4n) is 3.59. The Kier molecular flexibility index (Phi) is 13.4. The van der Waals surface area contributed by atoms with E-state index in [4.69, 9.17) is 14.2 Å². The number of carbonyl (C=O) groups excluding carboxylic acids is 3. The van der Waals surface area contributed by atoms with Crippen molar-refractivity contribution < 1.29 is 43.9 Å². The van der Waals surface area contributed by atoms with E-state index in [1.807, 2.05) is 39.0 Å². The third-order valence-electron chi connectivity index (χ3n) is 5.69. The lowest BCUT2D eigenvalue weighted by Gasteiger charge is -2.28. The lowest BCUT2D eigenvalue weighted by Crippen LogP contribution is -2.55. The highest BCUT2D eigenvalue weighted by Gasteiger charge is 2.37. The van der Waals surface area contributed by atoms with Crippen molar-refractivity contribution in [2.45, 2.75) is 84.2 Å². The molecule has 0 bridgehead atoms. The molecule has 1 aliphatic heterocycles. The molecular weight excluding hydrogens is 496 g/mol. The molecule has 11 heteroatoms. The predicted molar refractivity (Wildman–Crippen MR) is 140 cm³/mol. The van der Waals surface area contributed by atoms with Gasteiger partial charge in [-0.2, -0.15) is 0 Å². The second-order valence-electron chi connectivity index (χ2n) is 10.0. The quantitative estimate of drug-likeness (QED) is 0.219. The van der Waals surface area contributed by atoms with Crippen LogP contribution in [0.1, 0.15) is 46.6 Å². The number of rotatable bonds is 10. The number of benzene rings is 1. The molecule has 0 radical (unpaired) electrons. The zero-order valence-corrected chi connectivity index (χ0v) is 21.6. The molecule has 0 spiro atoms. The smallest absolute Gasteiger partial charge is 0.429 e. The first kappa shape index (κ1) is 33.0. The van der Waals surface area contributed by atoms with Gasteiger partial charge in [0.25, 0.3) is 5.91 Å². The Bertz CT molecular complexity index is 917. The summed E-state index contributed by atoms with van der Waals surface area (Å²) >= 11 is 0. The first-order valence-corrected chi connectivity index (χ1v) is 12.1. The molecule has 1 saturated heterocycles. The van der Waals surface area contributed by atoms with Crippen molar-refractivity contribution in [2.75, 3.05) is 13.7 Å². The van der Waals surface area contributed by atoms with Crippen LogP contribution in [0.4, 0.5) is 4.79 Å². The van der Waals surface area contributed by atoms with Gasteiger partial charge in [0, 0.05) is 7.11 Å². The van der Waals surface area contributed by atoms with Crippen molar-refractivity contribution in [3.05, 3.63) is 48.0 Å². The highest BCUT2D eigenvalue weighted by molar-refractivity contribution is 5.89. The van der Waals surface area contributed by atoms with Crippen LogP contribution in [0.5, 0.6) is 0 Å². The Labute approximate surface area is 224 Å². The number of hydrogen-bond donors (Lipinski definition) is 5. The lowest BCUT2D eigenvalue weighted by molar-refractivity contribution is -0.150. The largest absolute Gasteiger partial charge is 0.508 e. The highest BCUT2D eigenvalue weighted by Crippen LogP contribution is 2.17. The van der Waals surface area contributed by atoms with Gasteiger partial charge in [0.1, 0.15) is 37.1 Å². The summed E-state index contributed by atoms with van der Waals surface area (Å²) in [5, 5.41) is 36.1. The summed E-state index contributed by atoms with van der Waals surface area (Å²) in [6.07, 6.45) is -4.62. The van der Waals surface area contributed by atoms with Crippen molar-refractivity contribution >= 4 is 18.0 Å². The zero-order chi connectivity index (χ0) is 27.6. The molecule has 2 amide bonds. The number of carbonyl (C=O) groups is 3. The summed E-state index contributed by atoms with van der Waals surface area (Å²) < 4.78 is 15.4. The van der Waals surface area contributed by atoms with Crippen molar-refractivity contribution in [1.82, 2.24) is 10.6 Å². The molecule has 0 aliphatic carbocycles. The highest BCUT2D eigenvalue weighted by atomic mass is 16.7. The van der Waals surface area contributed by atoms with E-state index in [0.717, 1.165) is 12.7 Å². The summed E-state index contributed by atoms with van der Waals surface area (Å²) in [5.74, 6) is -1.35. The van der Waals surface area contributed by atoms with E-state index in [0.29, 0.717) is 0 Å². The molecule has 2 rings (SSSR count). The first-order valence-electron chi connectivity index (χ1n) is 12.1. The average Bonchev–Trinajstić information content (AvgIpc) is 3.02. The summed E-state index contributed by atoms with van der Waals surface area (Å²) in [6.45, 7) is 5.76. The Morgan fingerprint density at radius 3 is 2.39 bits per heavy atom. The van der Waals surface area contributed by atoms with Crippen LogP contribution in [0.25, 0.3) is 0 Å². The molecule has 1 aromatic rings.